The highest BCUT2D eigenvalue weighted by Gasteiger charge is 2.19. The van der Waals surface area contributed by atoms with Crippen molar-refractivity contribution < 1.29 is 4.74 Å². The molecule has 130 valence electrons. The smallest absolute Gasteiger partial charge is 0.161 e. The summed E-state index contributed by atoms with van der Waals surface area (Å²) in [6.45, 7) is 4.13. The molecule has 0 amide bonds. The zero-order valence-corrected chi connectivity index (χ0v) is 15.0. The third-order valence-corrected chi connectivity index (χ3v) is 5.02. The standard InChI is InChI=1S/C20H24N4O/c1-13-12-18(22-16-6-4-5-7-16)24-20(21-13)14(2)19(23-24)15-8-10-17(25-3)11-9-15/h8-12,16,22H,4-7H2,1-3H3. The Morgan fingerprint density at radius 1 is 1.12 bits per heavy atom. The van der Waals surface area contributed by atoms with Gasteiger partial charge in [0.05, 0.1) is 12.8 Å². The lowest BCUT2D eigenvalue weighted by atomic mass is 10.1. The van der Waals surface area contributed by atoms with Crippen LogP contribution in [0, 0.1) is 13.8 Å². The number of aromatic nitrogens is 3. The number of nitrogens with one attached hydrogen (secondary N) is 1. The Hall–Kier alpha value is -2.56. The number of aryl methyl sites for hydroxylation is 2. The Morgan fingerprint density at radius 3 is 2.52 bits per heavy atom. The highest BCUT2D eigenvalue weighted by atomic mass is 16.5. The Balaban J connectivity index is 1.79. The minimum absolute atomic E-state index is 0.541. The monoisotopic (exact) mass is 336 g/mol. The van der Waals surface area contributed by atoms with E-state index >= 15 is 0 Å². The van der Waals surface area contributed by atoms with Gasteiger partial charge in [0, 0.05) is 28.9 Å². The summed E-state index contributed by atoms with van der Waals surface area (Å²) in [6, 6.07) is 10.7. The van der Waals surface area contributed by atoms with E-state index in [-0.39, 0.29) is 0 Å². The SMILES string of the molecule is COc1ccc(-c2nn3c(NC4CCCC4)cc(C)nc3c2C)cc1. The van der Waals surface area contributed by atoms with Gasteiger partial charge in [0.1, 0.15) is 11.6 Å². The van der Waals surface area contributed by atoms with Gasteiger partial charge in [-0.15, -0.1) is 0 Å². The first-order valence-electron chi connectivity index (χ1n) is 8.93. The van der Waals surface area contributed by atoms with Crippen LogP contribution >= 0.6 is 0 Å². The molecule has 2 heterocycles. The van der Waals surface area contributed by atoms with Gasteiger partial charge in [0.25, 0.3) is 0 Å². The van der Waals surface area contributed by atoms with E-state index in [9.17, 15) is 0 Å². The van der Waals surface area contributed by atoms with Gasteiger partial charge in [-0.25, -0.2) is 4.98 Å². The molecule has 0 bridgehead atoms. The van der Waals surface area contributed by atoms with Crippen LogP contribution in [0.2, 0.25) is 0 Å². The van der Waals surface area contributed by atoms with E-state index in [1.165, 1.54) is 25.7 Å². The van der Waals surface area contributed by atoms with E-state index in [0.29, 0.717) is 6.04 Å². The van der Waals surface area contributed by atoms with Crippen LogP contribution in [0.25, 0.3) is 16.9 Å². The molecule has 25 heavy (non-hydrogen) atoms. The molecule has 0 radical (unpaired) electrons. The fourth-order valence-electron chi connectivity index (χ4n) is 3.65. The van der Waals surface area contributed by atoms with Gasteiger partial charge in [-0.2, -0.15) is 9.61 Å². The number of rotatable bonds is 4. The first-order chi connectivity index (χ1) is 12.2. The van der Waals surface area contributed by atoms with Crippen molar-refractivity contribution in [2.24, 2.45) is 0 Å². The highest BCUT2D eigenvalue weighted by molar-refractivity contribution is 5.72. The summed E-state index contributed by atoms with van der Waals surface area (Å²) in [5.41, 5.74) is 5.08. The molecule has 1 aromatic carbocycles. The summed E-state index contributed by atoms with van der Waals surface area (Å²) < 4.78 is 7.21. The fourth-order valence-corrected chi connectivity index (χ4v) is 3.65. The number of fused-ring (bicyclic) bond motifs is 1. The summed E-state index contributed by atoms with van der Waals surface area (Å²) in [5.74, 6) is 1.89. The minimum atomic E-state index is 0.541. The predicted molar refractivity (Wildman–Crippen MR) is 100 cm³/mol. The van der Waals surface area contributed by atoms with Crippen molar-refractivity contribution >= 4 is 11.5 Å². The van der Waals surface area contributed by atoms with Crippen molar-refractivity contribution in [2.45, 2.75) is 45.6 Å². The molecule has 0 aliphatic heterocycles. The van der Waals surface area contributed by atoms with Crippen LogP contribution in [0.5, 0.6) is 5.75 Å². The van der Waals surface area contributed by atoms with E-state index in [0.717, 1.165) is 39.7 Å². The van der Waals surface area contributed by atoms with Crippen LogP contribution in [0.15, 0.2) is 30.3 Å². The van der Waals surface area contributed by atoms with Crippen LogP contribution in [0.3, 0.4) is 0 Å². The van der Waals surface area contributed by atoms with Crippen molar-refractivity contribution in [2.75, 3.05) is 12.4 Å². The topological polar surface area (TPSA) is 51.5 Å². The molecule has 0 unspecified atom stereocenters. The summed E-state index contributed by atoms with van der Waals surface area (Å²) in [5, 5.41) is 8.55. The van der Waals surface area contributed by atoms with Gasteiger partial charge in [-0.05, 0) is 51.0 Å². The number of hydrogen-bond acceptors (Lipinski definition) is 4. The molecule has 1 aliphatic rings. The number of methoxy groups -OCH3 is 1. The summed E-state index contributed by atoms with van der Waals surface area (Å²) in [4.78, 5) is 4.73. The highest BCUT2D eigenvalue weighted by Crippen LogP contribution is 2.29. The van der Waals surface area contributed by atoms with E-state index < -0.39 is 0 Å². The van der Waals surface area contributed by atoms with Gasteiger partial charge in [-0.3, -0.25) is 0 Å². The molecule has 5 nitrogen and oxygen atoms in total. The fraction of sp³-hybridized carbons (Fsp3) is 0.400. The lowest BCUT2D eigenvalue weighted by Crippen LogP contribution is -2.17. The van der Waals surface area contributed by atoms with E-state index in [2.05, 4.69) is 18.3 Å². The van der Waals surface area contributed by atoms with Crippen LogP contribution in [-0.2, 0) is 0 Å². The van der Waals surface area contributed by atoms with Crippen LogP contribution in [0.4, 0.5) is 5.82 Å². The van der Waals surface area contributed by atoms with Crippen LogP contribution in [0.1, 0.15) is 36.9 Å². The van der Waals surface area contributed by atoms with Gasteiger partial charge in [0.2, 0.25) is 0 Å². The number of hydrogen-bond donors (Lipinski definition) is 1. The molecule has 5 heteroatoms. The average Bonchev–Trinajstić information content (AvgIpc) is 3.24. The second kappa shape index (κ2) is 6.39. The van der Waals surface area contributed by atoms with Crippen LogP contribution < -0.4 is 10.1 Å². The van der Waals surface area contributed by atoms with Gasteiger partial charge in [0.15, 0.2) is 5.65 Å². The first-order valence-corrected chi connectivity index (χ1v) is 8.93. The second-order valence-electron chi connectivity index (χ2n) is 6.85. The third kappa shape index (κ3) is 2.95. The Labute approximate surface area is 148 Å². The number of ether oxygens (including phenoxy) is 1. The molecular formula is C20H24N4O. The maximum atomic E-state index is 5.26. The molecule has 2 aromatic heterocycles. The minimum Gasteiger partial charge on any atom is -0.497 e. The Bertz CT molecular complexity index is 892. The molecule has 0 atom stereocenters. The number of benzene rings is 1. The Morgan fingerprint density at radius 2 is 1.84 bits per heavy atom. The van der Waals surface area contributed by atoms with Crippen molar-refractivity contribution in [3.8, 4) is 17.0 Å². The summed E-state index contributed by atoms with van der Waals surface area (Å²) in [7, 11) is 1.68. The van der Waals surface area contributed by atoms with Crippen molar-refractivity contribution in [1.82, 2.24) is 14.6 Å². The van der Waals surface area contributed by atoms with Gasteiger partial charge < -0.3 is 10.1 Å². The molecule has 4 rings (SSSR count). The average molecular weight is 336 g/mol. The van der Waals surface area contributed by atoms with E-state index in [1.807, 2.05) is 35.7 Å². The van der Waals surface area contributed by atoms with E-state index in [1.54, 1.807) is 7.11 Å². The molecule has 0 saturated heterocycles. The van der Waals surface area contributed by atoms with Crippen molar-refractivity contribution in [3.05, 3.63) is 41.6 Å². The molecule has 3 aromatic rings. The lowest BCUT2D eigenvalue weighted by molar-refractivity contribution is 0.415. The van der Waals surface area contributed by atoms with Crippen LogP contribution in [-0.4, -0.2) is 27.7 Å². The summed E-state index contributed by atoms with van der Waals surface area (Å²) >= 11 is 0. The normalized spacial score (nSPS) is 15.0. The second-order valence-corrected chi connectivity index (χ2v) is 6.85. The predicted octanol–water partition coefficient (Wildman–Crippen LogP) is 4.38. The number of nitrogens with zero attached hydrogens (tertiary/aromatic N) is 3. The number of anilines is 1. The van der Waals surface area contributed by atoms with Gasteiger partial charge >= 0.3 is 0 Å². The zero-order valence-electron chi connectivity index (χ0n) is 15.0. The van der Waals surface area contributed by atoms with E-state index in [4.69, 9.17) is 14.8 Å². The quantitative estimate of drug-likeness (QED) is 0.768. The van der Waals surface area contributed by atoms with Crippen molar-refractivity contribution in [1.29, 1.82) is 0 Å². The first kappa shape index (κ1) is 15.9. The zero-order chi connectivity index (χ0) is 17.4. The largest absolute Gasteiger partial charge is 0.497 e. The third-order valence-electron chi connectivity index (χ3n) is 5.02. The molecule has 1 aliphatic carbocycles. The maximum Gasteiger partial charge on any atom is 0.161 e. The van der Waals surface area contributed by atoms with Crippen molar-refractivity contribution in [3.63, 3.8) is 0 Å². The lowest BCUT2D eigenvalue weighted by Gasteiger charge is -2.15. The summed E-state index contributed by atoms with van der Waals surface area (Å²) in [6.07, 6.45) is 5.07. The Kier molecular flexibility index (Phi) is 4.07. The van der Waals surface area contributed by atoms with Gasteiger partial charge in [-0.1, -0.05) is 12.8 Å². The molecular weight excluding hydrogens is 312 g/mol. The molecule has 1 fully saturated rings. The molecule has 0 spiro atoms. The maximum absolute atomic E-state index is 5.26. The molecule has 1 N–H and O–H groups in total. The molecule has 1 saturated carbocycles.